The van der Waals surface area contributed by atoms with Crippen LogP contribution in [0, 0.1) is 24.7 Å². The van der Waals surface area contributed by atoms with Crippen molar-refractivity contribution in [2.45, 2.75) is 45.6 Å². The first-order valence-electron chi connectivity index (χ1n) is 7.21. The maximum atomic E-state index is 6.24. The number of halogens is 1. The molecule has 1 N–H and O–H groups in total. The first-order valence-corrected chi connectivity index (χ1v) is 8.41. The Morgan fingerprint density at radius 2 is 2.17 bits per heavy atom. The monoisotopic (exact) mass is 283 g/mol. The average Bonchev–Trinajstić information content (AvgIpc) is 2.72. The molecule has 0 aromatic carbocycles. The molecular formula is C15H22ClNS. The van der Waals surface area contributed by atoms with Crippen LogP contribution in [0.25, 0.3) is 0 Å². The molecule has 3 atom stereocenters. The second kappa shape index (κ2) is 5.15. The van der Waals surface area contributed by atoms with E-state index in [-0.39, 0.29) is 0 Å². The standard InChI is InChI=1S/C15H22ClNS/c1-3-7-17-14(12-8-9(2)15(16)18-12)13-10-5-4-6-11(10)13/h8,10-11,13-14,17H,3-7H2,1-2H3. The van der Waals surface area contributed by atoms with Crippen LogP contribution in [0.2, 0.25) is 4.34 Å². The third-order valence-electron chi connectivity index (χ3n) is 4.65. The first kappa shape index (κ1) is 13.0. The van der Waals surface area contributed by atoms with Crippen LogP contribution in [0.1, 0.15) is 49.1 Å². The molecule has 3 unspecified atom stereocenters. The van der Waals surface area contributed by atoms with Crippen LogP contribution in [0.4, 0.5) is 0 Å². The molecule has 1 heterocycles. The molecule has 0 saturated heterocycles. The molecule has 0 aliphatic heterocycles. The normalized spacial score (nSPS) is 31.4. The van der Waals surface area contributed by atoms with Gasteiger partial charge in [0.15, 0.2) is 0 Å². The van der Waals surface area contributed by atoms with E-state index >= 15 is 0 Å². The van der Waals surface area contributed by atoms with Gasteiger partial charge in [-0.1, -0.05) is 24.9 Å². The maximum Gasteiger partial charge on any atom is 0.0960 e. The lowest BCUT2D eigenvalue weighted by molar-refractivity contribution is 0.423. The largest absolute Gasteiger partial charge is 0.309 e. The molecule has 3 heteroatoms. The van der Waals surface area contributed by atoms with Crippen LogP contribution in [-0.4, -0.2) is 6.54 Å². The van der Waals surface area contributed by atoms with Crippen molar-refractivity contribution in [1.82, 2.24) is 5.32 Å². The van der Waals surface area contributed by atoms with E-state index in [4.69, 9.17) is 11.6 Å². The lowest BCUT2D eigenvalue weighted by Gasteiger charge is -2.19. The van der Waals surface area contributed by atoms with Crippen molar-refractivity contribution in [3.05, 3.63) is 20.8 Å². The lowest BCUT2D eigenvalue weighted by Crippen LogP contribution is -2.24. The van der Waals surface area contributed by atoms with Crippen LogP contribution < -0.4 is 5.32 Å². The fraction of sp³-hybridized carbons (Fsp3) is 0.733. The van der Waals surface area contributed by atoms with Gasteiger partial charge in [0.25, 0.3) is 0 Å². The minimum Gasteiger partial charge on any atom is -0.309 e. The summed E-state index contributed by atoms with van der Waals surface area (Å²) in [6, 6.07) is 2.87. The molecule has 1 nitrogen and oxygen atoms in total. The van der Waals surface area contributed by atoms with Gasteiger partial charge in [-0.05, 0) is 62.1 Å². The Hall–Kier alpha value is -0.0500. The highest BCUT2D eigenvalue weighted by molar-refractivity contribution is 7.16. The zero-order chi connectivity index (χ0) is 12.7. The number of aryl methyl sites for hydroxylation is 1. The molecule has 2 aliphatic rings. The summed E-state index contributed by atoms with van der Waals surface area (Å²) < 4.78 is 0.971. The highest BCUT2D eigenvalue weighted by atomic mass is 35.5. The predicted molar refractivity (Wildman–Crippen MR) is 79.4 cm³/mol. The van der Waals surface area contributed by atoms with Gasteiger partial charge in [0, 0.05) is 10.9 Å². The minimum absolute atomic E-state index is 0.566. The number of fused-ring (bicyclic) bond motifs is 1. The van der Waals surface area contributed by atoms with Crippen molar-refractivity contribution in [2.75, 3.05) is 6.54 Å². The fourth-order valence-corrected chi connectivity index (χ4v) is 5.09. The van der Waals surface area contributed by atoms with Gasteiger partial charge in [-0.2, -0.15) is 0 Å². The lowest BCUT2D eigenvalue weighted by atomic mass is 10.0. The van der Waals surface area contributed by atoms with Crippen molar-refractivity contribution in [3.8, 4) is 0 Å². The Balaban J connectivity index is 1.77. The quantitative estimate of drug-likeness (QED) is 0.819. The van der Waals surface area contributed by atoms with Gasteiger partial charge in [0.05, 0.1) is 4.34 Å². The molecule has 1 aromatic heterocycles. The van der Waals surface area contributed by atoms with Gasteiger partial charge >= 0.3 is 0 Å². The average molecular weight is 284 g/mol. The Bertz CT molecular complexity index is 399. The summed E-state index contributed by atoms with van der Waals surface area (Å²) >= 11 is 8.03. The smallest absolute Gasteiger partial charge is 0.0960 e. The second-order valence-electron chi connectivity index (χ2n) is 5.87. The molecule has 0 spiro atoms. The van der Waals surface area contributed by atoms with E-state index in [1.807, 2.05) is 0 Å². The van der Waals surface area contributed by atoms with Gasteiger partial charge < -0.3 is 5.32 Å². The topological polar surface area (TPSA) is 12.0 Å². The number of nitrogens with one attached hydrogen (secondary N) is 1. The van der Waals surface area contributed by atoms with E-state index in [9.17, 15) is 0 Å². The molecular weight excluding hydrogens is 262 g/mol. The SMILES string of the molecule is CCCNC(c1cc(C)c(Cl)s1)C1C2CCCC21. The van der Waals surface area contributed by atoms with E-state index in [1.54, 1.807) is 11.3 Å². The number of hydrogen-bond acceptors (Lipinski definition) is 2. The van der Waals surface area contributed by atoms with Crippen LogP contribution >= 0.6 is 22.9 Å². The van der Waals surface area contributed by atoms with Gasteiger partial charge in [-0.25, -0.2) is 0 Å². The van der Waals surface area contributed by atoms with Gasteiger partial charge in [-0.15, -0.1) is 11.3 Å². The zero-order valence-electron chi connectivity index (χ0n) is 11.2. The van der Waals surface area contributed by atoms with Crippen molar-refractivity contribution in [2.24, 2.45) is 17.8 Å². The third kappa shape index (κ3) is 2.23. The summed E-state index contributed by atoms with van der Waals surface area (Å²) in [7, 11) is 0. The molecule has 0 bridgehead atoms. The van der Waals surface area contributed by atoms with E-state index in [1.165, 1.54) is 36.1 Å². The van der Waals surface area contributed by atoms with Crippen LogP contribution in [0.15, 0.2) is 6.07 Å². The van der Waals surface area contributed by atoms with Gasteiger partial charge in [-0.3, -0.25) is 0 Å². The fourth-order valence-electron chi connectivity index (χ4n) is 3.73. The summed E-state index contributed by atoms with van der Waals surface area (Å²) in [5.74, 6) is 2.89. The minimum atomic E-state index is 0.566. The summed E-state index contributed by atoms with van der Waals surface area (Å²) in [5.41, 5.74) is 1.24. The molecule has 18 heavy (non-hydrogen) atoms. The number of thiophene rings is 1. The number of hydrogen-bond donors (Lipinski definition) is 1. The van der Waals surface area contributed by atoms with Crippen molar-refractivity contribution < 1.29 is 0 Å². The van der Waals surface area contributed by atoms with Crippen molar-refractivity contribution in [3.63, 3.8) is 0 Å². The molecule has 1 aromatic rings. The van der Waals surface area contributed by atoms with E-state index in [0.29, 0.717) is 6.04 Å². The maximum absolute atomic E-state index is 6.24. The number of rotatable bonds is 5. The molecule has 100 valence electrons. The highest BCUT2D eigenvalue weighted by Gasteiger charge is 2.56. The summed E-state index contributed by atoms with van der Waals surface area (Å²) in [6.45, 7) is 5.48. The van der Waals surface area contributed by atoms with E-state index in [2.05, 4.69) is 25.2 Å². The molecule has 0 amide bonds. The molecule has 2 saturated carbocycles. The van der Waals surface area contributed by atoms with Crippen LogP contribution in [0.3, 0.4) is 0 Å². The molecule has 0 radical (unpaired) electrons. The Morgan fingerprint density at radius 3 is 2.72 bits per heavy atom. The summed E-state index contributed by atoms with van der Waals surface area (Å²) in [6.07, 6.45) is 5.57. The van der Waals surface area contributed by atoms with Gasteiger partial charge in [0.2, 0.25) is 0 Å². The molecule has 3 rings (SSSR count). The summed E-state index contributed by atoms with van der Waals surface area (Å²) in [5, 5.41) is 3.77. The summed E-state index contributed by atoms with van der Waals surface area (Å²) in [4.78, 5) is 1.46. The Morgan fingerprint density at radius 1 is 1.44 bits per heavy atom. The Kier molecular flexibility index (Phi) is 3.70. The van der Waals surface area contributed by atoms with Crippen LogP contribution in [-0.2, 0) is 0 Å². The van der Waals surface area contributed by atoms with Crippen molar-refractivity contribution in [1.29, 1.82) is 0 Å². The predicted octanol–water partition coefficient (Wildman–Crippen LogP) is 4.80. The second-order valence-corrected chi connectivity index (χ2v) is 7.56. The van der Waals surface area contributed by atoms with Gasteiger partial charge in [0.1, 0.15) is 0 Å². The third-order valence-corrected chi connectivity index (χ3v) is 6.29. The first-order chi connectivity index (χ1) is 8.72. The molecule has 2 fully saturated rings. The highest BCUT2D eigenvalue weighted by Crippen LogP contribution is 2.62. The zero-order valence-corrected chi connectivity index (χ0v) is 12.8. The Labute approximate surface area is 119 Å². The van der Waals surface area contributed by atoms with Crippen LogP contribution in [0.5, 0.6) is 0 Å². The van der Waals surface area contributed by atoms with E-state index < -0.39 is 0 Å². The van der Waals surface area contributed by atoms with Crippen molar-refractivity contribution >= 4 is 22.9 Å². The molecule has 2 aliphatic carbocycles. The van der Waals surface area contributed by atoms with E-state index in [0.717, 1.165) is 28.6 Å².